The van der Waals surface area contributed by atoms with E-state index in [0.29, 0.717) is 16.6 Å². The lowest BCUT2D eigenvalue weighted by Gasteiger charge is -2.12. The van der Waals surface area contributed by atoms with Gasteiger partial charge in [-0.25, -0.2) is 0 Å². The van der Waals surface area contributed by atoms with Gasteiger partial charge in [-0.3, -0.25) is 4.79 Å². The second kappa shape index (κ2) is 6.87. The van der Waals surface area contributed by atoms with Crippen molar-refractivity contribution in [3.05, 3.63) is 33.8 Å². The fraction of sp³-hybridized carbons (Fsp3) is 0.462. The predicted octanol–water partition coefficient (Wildman–Crippen LogP) is 4.05. The van der Waals surface area contributed by atoms with Gasteiger partial charge in [-0.05, 0) is 30.5 Å². The zero-order chi connectivity index (χ0) is 12.8. The first-order valence-corrected chi connectivity index (χ1v) is 6.55. The average Bonchev–Trinajstić information content (AvgIpc) is 2.32. The Kier molecular flexibility index (Phi) is 5.79. The van der Waals surface area contributed by atoms with E-state index < -0.39 is 0 Å². The SMILES string of the molecule is CCC(CC)C(=O)NCc1ccc(Cl)c(Cl)c1. The number of nitrogens with one attached hydrogen (secondary N) is 1. The maximum Gasteiger partial charge on any atom is 0.223 e. The Morgan fingerprint density at radius 3 is 2.41 bits per heavy atom. The van der Waals surface area contributed by atoms with Gasteiger partial charge in [0.05, 0.1) is 10.0 Å². The van der Waals surface area contributed by atoms with E-state index in [1.165, 1.54) is 0 Å². The predicted molar refractivity (Wildman–Crippen MR) is 72.4 cm³/mol. The van der Waals surface area contributed by atoms with Gasteiger partial charge in [-0.1, -0.05) is 43.1 Å². The van der Waals surface area contributed by atoms with E-state index in [1.54, 1.807) is 12.1 Å². The molecule has 0 aliphatic rings. The second-order valence-corrected chi connectivity index (χ2v) is 4.79. The van der Waals surface area contributed by atoms with Gasteiger partial charge >= 0.3 is 0 Å². The van der Waals surface area contributed by atoms with Gasteiger partial charge in [0.25, 0.3) is 0 Å². The lowest BCUT2D eigenvalue weighted by Crippen LogP contribution is -2.29. The minimum atomic E-state index is 0.0952. The van der Waals surface area contributed by atoms with E-state index in [1.807, 2.05) is 19.9 Å². The van der Waals surface area contributed by atoms with E-state index in [0.717, 1.165) is 18.4 Å². The van der Waals surface area contributed by atoms with Crippen LogP contribution in [0.2, 0.25) is 10.0 Å². The van der Waals surface area contributed by atoms with Gasteiger partial charge in [0.2, 0.25) is 5.91 Å². The van der Waals surface area contributed by atoms with Gasteiger partial charge in [-0.15, -0.1) is 0 Å². The normalized spacial score (nSPS) is 10.6. The summed E-state index contributed by atoms with van der Waals surface area (Å²) in [4.78, 5) is 11.8. The summed E-state index contributed by atoms with van der Waals surface area (Å²) in [6, 6.07) is 5.38. The molecule has 94 valence electrons. The Balaban J connectivity index is 2.55. The number of halogens is 2. The number of hydrogen-bond donors (Lipinski definition) is 1. The number of carbonyl (C=O) groups is 1. The summed E-state index contributed by atoms with van der Waals surface area (Å²) in [5.74, 6) is 0.193. The zero-order valence-electron chi connectivity index (χ0n) is 10.1. The molecule has 1 amide bonds. The van der Waals surface area contributed by atoms with E-state index in [9.17, 15) is 4.79 Å². The highest BCUT2D eigenvalue weighted by molar-refractivity contribution is 6.42. The fourth-order valence-corrected chi connectivity index (χ4v) is 1.96. The molecule has 0 aliphatic carbocycles. The smallest absolute Gasteiger partial charge is 0.223 e. The molecule has 0 bridgehead atoms. The third-order valence-corrected chi connectivity index (χ3v) is 3.55. The summed E-state index contributed by atoms with van der Waals surface area (Å²) in [5, 5.41) is 3.95. The fourth-order valence-electron chi connectivity index (χ4n) is 1.64. The van der Waals surface area contributed by atoms with Crippen molar-refractivity contribution in [3.63, 3.8) is 0 Å². The van der Waals surface area contributed by atoms with Gasteiger partial charge in [0.15, 0.2) is 0 Å². The average molecular weight is 274 g/mol. The zero-order valence-corrected chi connectivity index (χ0v) is 11.6. The standard InChI is InChI=1S/C13H17Cl2NO/c1-3-10(4-2)13(17)16-8-9-5-6-11(14)12(15)7-9/h5-7,10H,3-4,8H2,1-2H3,(H,16,17). The largest absolute Gasteiger partial charge is 0.352 e. The van der Waals surface area contributed by atoms with Crippen LogP contribution in [-0.2, 0) is 11.3 Å². The summed E-state index contributed by atoms with van der Waals surface area (Å²) in [6.07, 6.45) is 1.73. The summed E-state index contributed by atoms with van der Waals surface area (Å²) >= 11 is 11.7. The molecule has 0 spiro atoms. The van der Waals surface area contributed by atoms with Crippen molar-refractivity contribution >= 4 is 29.1 Å². The molecule has 0 saturated heterocycles. The molecular weight excluding hydrogens is 257 g/mol. The van der Waals surface area contributed by atoms with Gasteiger partial charge in [-0.2, -0.15) is 0 Å². The van der Waals surface area contributed by atoms with Crippen LogP contribution < -0.4 is 5.32 Å². The third kappa shape index (κ3) is 4.21. The van der Waals surface area contributed by atoms with Crippen LogP contribution in [0.1, 0.15) is 32.3 Å². The van der Waals surface area contributed by atoms with Gasteiger partial charge in [0, 0.05) is 12.5 Å². The molecule has 0 radical (unpaired) electrons. The molecule has 1 aromatic rings. The van der Waals surface area contributed by atoms with E-state index in [4.69, 9.17) is 23.2 Å². The molecule has 17 heavy (non-hydrogen) atoms. The Bertz CT molecular complexity index is 389. The molecule has 1 N–H and O–H groups in total. The van der Waals surface area contributed by atoms with Crippen molar-refractivity contribution in [2.45, 2.75) is 33.2 Å². The lowest BCUT2D eigenvalue weighted by molar-refractivity contribution is -0.125. The molecule has 0 aromatic heterocycles. The number of hydrogen-bond acceptors (Lipinski definition) is 1. The first kappa shape index (κ1) is 14.3. The van der Waals surface area contributed by atoms with Crippen LogP contribution in [-0.4, -0.2) is 5.91 Å². The molecule has 1 aromatic carbocycles. The second-order valence-electron chi connectivity index (χ2n) is 3.98. The monoisotopic (exact) mass is 273 g/mol. The van der Waals surface area contributed by atoms with Gasteiger partial charge < -0.3 is 5.32 Å². The molecule has 0 aliphatic heterocycles. The number of amides is 1. The van der Waals surface area contributed by atoms with Crippen molar-refractivity contribution < 1.29 is 4.79 Å². The quantitative estimate of drug-likeness (QED) is 0.862. The van der Waals surface area contributed by atoms with E-state index in [2.05, 4.69) is 5.32 Å². The highest BCUT2D eigenvalue weighted by Gasteiger charge is 2.13. The van der Waals surface area contributed by atoms with Crippen molar-refractivity contribution in [3.8, 4) is 0 Å². The first-order chi connectivity index (χ1) is 8.08. The van der Waals surface area contributed by atoms with Crippen LogP contribution in [0.5, 0.6) is 0 Å². The molecule has 0 unspecified atom stereocenters. The Morgan fingerprint density at radius 2 is 1.88 bits per heavy atom. The Hall–Kier alpha value is -0.730. The Morgan fingerprint density at radius 1 is 1.24 bits per heavy atom. The van der Waals surface area contributed by atoms with Crippen molar-refractivity contribution in [2.24, 2.45) is 5.92 Å². The van der Waals surface area contributed by atoms with Crippen LogP contribution in [0.25, 0.3) is 0 Å². The molecule has 0 saturated carbocycles. The number of benzene rings is 1. The van der Waals surface area contributed by atoms with E-state index >= 15 is 0 Å². The molecule has 1 rings (SSSR count). The summed E-state index contributed by atoms with van der Waals surface area (Å²) in [5.41, 5.74) is 0.957. The van der Waals surface area contributed by atoms with Crippen LogP contribution >= 0.6 is 23.2 Å². The summed E-state index contributed by atoms with van der Waals surface area (Å²) in [7, 11) is 0. The molecule has 0 fully saturated rings. The minimum absolute atomic E-state index is 0.0952. The van der Waals surface area contributed by atoms with Gasteiger partial charge in [0.1, 0.15) is 0 Å². The number of carbonyl (C=O) groups excluding carboxylic acids is 1. The van der Waals surface area contributed by atoms with Crippen LogP contribution in [0.4, 0.5) is 0 Å². The summed E-state index contributed by atoms with van der Waals surface area (Å²) < 4.78 is 0. The van der Waals surface area contributed by atoms with Crippen molar-refractivity contribution in [1.82, 2.24) is 5.32 Å². The topological polar surface area (TPSA) is 29.1 Å². The van der Waals surface area contributed by atoms with Crippen LogP contribution in [0.15, 0.2) is 18.2 Å². The maximum absolute atomic E-state index is 11.8. The summed E-state index contributed by atoms with van der Waals surface area (Å²) in [6.45, 7) is 4.53. The molecular formula is C13H17Cl2NO. The maximum atomic E-state index is 11.8. The van der Waals surface area contributed by atoms with Crippen molar-refractivity contribution in [2.75, 3.05) is 0 Å². The van der Waals surface area contributed by atoms with Crippen LogP contribution in [0.3, 0.4) is 0 Å². The van der Waals surface area contributed by atoms with Crippen LogP contribution in [0, 0.1) is 5.92 Å². The highest BCUT2D eigenvalue weighted by atomic mass is 35.5. The molecule has 4 heteroatoms. The molecule has 0 heterocycles. The van der Waals surface area contributed by atoms with E-state index in [-0.39, 0.29) is 11.8 Å². The minimum Gasteiger partial charge on any atom is -0.352 e. The molecule has 0 atom stereocenters. The number of rotatable bonds is 5. The first-order valence-electron chi connectivity index (χ1n) is 5.80. The third-order valence-electron chi connectivity index (χ3n) is 2.81. The van der Waals surface area contributed by atoms with Crippen molar-refractivity contribution in [1.29, 1.82) is 0 Å². The highest BCUT2D eigenvalue weighted by Crippen LogP contribution is 2.22. The molecule has 2 nitrogen and oxygen atoms in total. The Labute approximate surface area is 112 Å². The lowest BCUT2D eigenvalue weighted by atomic mass is 10.0.